The van der Waals surface area contributed by atoms with Crippen LogP contribution in [0.3, 0.4) is 0 Å². The number of hydrogen-bond acceptors (Lipinski definition) is 3. The second-order valence-electron chi connectivity index (χ2n) is 5.83. The summed E-state index contributed by atoms with van der Waals surface area (Å²) in [6.45, 7) is 4.04. The summed E-state index contributed by atoms with van der Waals surface area (Å²) in [5.41, 5.74) is 7.51. The molecule has 1 saturated carbocycles. The van der Waals surface area contributed by atoms with Gasteiger partial charge >= 0.3 is 0 Å². The molecule has 0 saturated heterocycles. The standard InChI is InChI=1S/C16H25NO2/c1-11(2)19-15-9-5-13(6-10-15)16(17)12-3-7-14(18)8-4-12/h5-6,9-12,14,16,18H,3-4,7-8,17H2,1-2H3. The van der Waals surface area contributed by atoms with Gasteiger partial charge in [0.2, 0.25) is 0 Å². The topological polar surface area (TPSA) is 55.5 Å². The summed E-state index contributed by atoms with van der Waals surface area (Å²) in [6, 6.07) is 8.18. The van der Waals surface area contributed by atoms with Gasteiger partial charge < -0.3 is 15.6 Å². The van der Waals surface area contributed by atoms with Crippen LogP contribution in [0, 0.1) is 5.92 Å². The predicted octanol–water partition coefficient (Wildman–Crippen LogP) is 3.02. The highest BCUT2D eigenvalue weighted by molar-refractivity contribution is 5.29. The van der Waals surface area contributed by atoms with E-state index in [-0.39, 0.29) is 18.2 Å². The molecule has 2 rings (SSSR count). The van der Waals surface area contributed by atoms with Crippen molar-refractivity contribution in [3.05, 3.63) is 29.8 Å². The highest BCUT2D eigenvalue weighted by Crippen LogP contribution is 2.33. The second kappa shape index (κ2) is 6.40. The molecule has 0 aromatic heterocycles. The Balaban J connectivity index is 1.97. The third-order valence-electron chi connectivity index (χ3n) is 3.89. The van der Waals surface area contributed by atoms with Crippen LogP contribution >= 0.6 is 0 Å². The van der Waals surface area contributed by atoms with Crippen LogP contribution in [0.4, 0.5) is 0 Å². The molecule has 1 aliphatic carbocycles. The summed E-state index contributed by atoms with van der Waals surface area (Å²) in [7, 11) is 0. The lowest BCUT2D eigenvalue weighted by molar-refractivity contribution is 0.102. The fourth-order valence-corrected chi connectivity index (χ4v) is 2.77. The Kier molecular flexibility index (Phi) is 4.83. The second-order valence-corrected chi connectivity index (χ2v) is 5.83. The Morgan fingerprint density at radius 3 is 2.21 bits per heavy atom. The molecule has 3 nitrogen and oxygen atoms in total. The average molecular weight is 263 g/mol. The lowest BCUT2D eigenvalue weighted by Gasteiger charge is -2.30. The molecule has 1 aromatic rings. The molecule has 1 atom stereocenters. The first kappa shape index (κ1) is 14.4. The highest BCUT2D eigenvalue weighted by Gasteiger charge is 2.25. The van der Waals surface area contributed by atoms with Crippen LogP contribution in [0.1, 0.15) is 51.1 Å². The molecule has 3 heteroatoms. The van der Waals surface area contributed by atoms with E-state index in [1.54, 1.807) is 0 Å². The summed E-state index contributed by atoms with van der Waals surface area (Å²) in [6.07, 6.45) is 3.88. The van der Waals surface area contributed by atoms with E-state index in [0.29, 0.717) is 5.92 Å². The molecule has 1 fully saturated rings. The van der Waals surface area contributed by atoms with Crippen LogP contribution in [-0.4, -0.2) is 17.3 Å². The van der Waals surface area contributed by atoms with E-state index in [4.69, 9.17) is 10.5 Å². The van der Waals surface area contributed by atoms with Gasteiger partial charge in [-0.05, 0) is 63.1 Å². The third kappa shape index (κ3) is 3.95. The SMILES string of the molecule is CC(C)Oc1ccc(C(N)C2CCC(O)CC2)cc1. The van der Waals surface area contributed by atoms with E-state index >= 15 is 0 Å². The van der Waals surface area contributed by atoms with Crippen LogP contribution in [0.25, 0.3) is 0 Å². The molecule has 106 valence electrons. The van der Waals surface area contributed by atoms with Gasteiger partial charge in [0.05, 0.1) is 12.2 Å². The van der Waals surface area contributed by atoms with Crippen molar-refractivity contribution in [3.63, 3.8) is 0 Å². The van der Waals surface area contributed by atoms with Crippen molar-refractivity contribution >= 4 is 0 Å². The maximum Gasteiger partial charge on any atom is 0.119 e. The summed E-state index contributed by atoms with van der Waals surface area (Å²) >= 11 is 0. The zero-order valence-corrected chi connectivity index (χ0v) is 11.9. The minimum atomic E-state index is -0.120. The van der Waals surface area contributed by atoms with E-state index in [1.807, 2.05) is 26.0 Å². The molecular weight excluding hydrogens is 238 g/mol. The van der Waals surface area contributed by atoms with Gasteiger partial charge in [-0.1, -0.05) is 12.1 Å². The average Bonchev–Trinajstić information content (AvgIpc) is 2.39. The van der Waals surface area contributed by atoms with E-state index in [1.165, 1.54) is 0 Å². The molecule has 1 aromatic carbocycles. The molecule has 0 radical (unpaired) electrons. The molecule has 1 unspecified atom stereocenters. The summed E-state index contributed by atoms with van der Waals surface area (Å²) in [4.78, 5) is 0. The minimum Gasteiger partial charge on any atom is -0.491 e. The first-order chi connectivity index (χ1) is 9.06. The Morgan fingerprint density at radius 1 is 1.11 bits per heavy atom. The van der Waals surface area contributed by atoms with Crippen molar-refractivity contribution in [1.29, 1.82) is 0 Å². The van der Waals surface area contributed by atoms with E-state index in [9.17, 15) is 5.11 Å². The van der Waals surface area contributed by atoms with Crippen molar-refractivity contribution in [3.8, 4) is 5.75 Å². The lowest BCUT2D eigenvalue weighted by Crippen LogP contribution is -2.27. The molecule has 1 aliphatic rings. The summed E-state index contributed by atoms with van der Waals surface area (Å²) in [5.74, 6) is 1.38. The number of rotatable bonds is 4. The number of aliphatic hydroxyl groups is 1. The van der Waals surface area contributed by atoms with Crippen LogP contribution in [0.15, 0.2) is 24.3 Å². The van der Waals surface area contributed by atoms with Crippen LogP contribution in [0.2, 0.25) is 0 Å². The van der Waals surface area contributed by atoms with E-state index < -0.39 is 0 Å². The monoisotopic (exact) mass is 263 g/mol. The quantitative estimate of drug-likeness (QED) is 0.878. The zero-order chi connectivity index (χ0) is 13.8. The highest BCUT2D eigenvalue weighted by atomic mass is 16.5. The number of aliphatic hydroxyl groups excluding tert-OH is 1. The maximum absolute atomic E-state index is 9.54. The van der Waals surface area contributed by atoms with Gasteiger partial charge in [0.15, 0.2) is 0 Å². The van der Waals surface area contributed by atoms with Crippen LogP contribution < -0.4 is 10.5 Å². The Bertz CT molecular complexity index is 380. The number of benzene rings is 1. The van der Waals surface area contributed by atoms with E-state index in [0.717, 1.165) is 37.0 Å². The van der Waals surface area contributed by atoms with Crippen LogP contribution in [-0.2, 0) is 0 Å². The predicted molar refractivity (Wildman–Crippen MR) is 77.1 cm³/mol. The third-order valence-corrected chi connectivity index (χ3v) is 3.89. The number of nitrogens with two attached hydrogens (primary N) is 1. The van der Waals surface area contributed by atoms with Gasteiger partial charge in [0, 0.05) is 6.04 Å². The smallest absolute Gasteiger partial charge is 0.119 e. The van der Waals surface area contributed by atoms with Gasteiger partial charge in [0.1, 0.15) is 5.75 Å². The van der Waals surface area contributed by atoms with Gasteiger partial charge in [0.25, 0.3) is 0 Å². The van der Waals surface area contributed by atoms with E-state index in [2.05, 4.69) is 12.1 Å². The largest absolute Gasteiger partial charge is 0.491 e. The van der Waals surface area contributed by atoms with Crippen LogP contribution in [0.5, 0.6) is 5.75 Å². The molecule has 0 spiro atoms. The fourth-order valence-electron chi connectivity index (χ4n) is 2.77. The Hall–Kier alpha value is -1.06. The maximum atomic E-state index is 9.54. The van der Waals surface area contributed by atoms with Crippen molar-refractivity contribution in [1.82, 2.24) is 0 Å². The Labute approximate surface area is 115 Å². The fraction of sp³-hybridized carbons (Fsp3) is 0.625. The molecule has 19 heavy (non-hydrogen) atoms. The summed E-state index contributed by atoms with van der Waals surface area (Å²) < 4.78 is 5.63. The Morgan fingerprint density at radius 2 is 1.68 bits per heavy atom. The summed E-state index contributed by atoms with van der Waals surface area (Å²) in [5, 5.41) is 9.54. The van der Waals surface area contributed by atoms with Gasteiger partial charge in [-0.2, -0.15) is 0 Å². The van der Waals surface area contributed by atoms with Gasteiger partial charge in [-0.3, -0.25) is 0 Å². The molecular formula is C16H25NO2. The minimum absolute atomic E-state index is 0.0700. The lowest BCUT2D eigenvalue weighted by atomic mass is 9.80. The first-order valence-electron chi connectivity index (χ1n) is 7.26. The normalized spacial score (nSPS) is 25.3. The van der Waals surface area contributed by atoms with Crippen molar-refractivity contribution in [2.75, 3.05) is 0 Å². The molecule has 0 heterocycles. The number of hydrogen-bond donors (Lipinski definition) is 2. The molecule has 0 amide bonds. The molecule has 3 N–H and O–H groups in total. The van der Waals surface area contributed by atoms with Gasteiger partial charge in [-0.25, -0.2) is 0 Å². The van der Waals surface area contributed by atoms with Gasteiger partial charge in [-0.15, -0.1) is 0 Å². The zero-order valence-electron chi connectivity index (χ0n) is 11.9. The first-order valence-corrected chi connectivity index (χ1v) is 7.26. The number of ether oxygens (including phenoxy) is 1. The van der Waals surface area contributed by atoms with Crippen molar-refractivity contribution in [2.45, 2.75) is 57.8 Å². The van der Waals surface area contributed by atoms with Crippen molar-refractivity contribution in [2.24, 2.45) is 11.7 Å². The molecule has 0 bridgehead atoms. The van der Waals surface area contributed by atoms with Crippen molar-refractivity contribution < 1.29 is 9.84 Å². The molecule has 0 aliphatic heterocycles.